The predicted octanol–water partition coefficient (Wildman–Crippen LogP) is 2.91. The molecule has 5 heteroatoms. The minimum Gasteiger partial charge on any atom is -0.352 e. The summed E-state index contributed by atoms with van der Waals surface area (Å²) in [5.74, 6) is 1.08. The van der Waals surface area contributed by atoms with Crippen LogP contribution in [0.1, 0.15) is 52.2 Å². The van der Waals surface area contributed by atoms with Gasteiger partial charge < -0.3 is 15.5 Å². The number of nitrogens with zero attached hydrogens (tertiary/aromatic N) is 2. The normalized spacial score (nSPS) is 18.3. The summed E-state index contributed by atoms with van der Waals surface area (Å²) in [7, 11) is 1.78. The Hall–Kier alpha value is -2.04. The fraction of sp³-hybridized carbons (Fsp3) is 0.619. The van der Waals surface area contributed by atoms with Crippen molar-refractivity contribution in [3.05, 3.63) is 35.4 Å². The molecule has 0 saturated carbocycles. The van der Waals surface area contributed by atoms with Crippen LogP contribution in [0.2, 0.25) is 0 Å². The minimum atomic E-state index is 0.0576. The van der Waals surface area contributed by atoms with E-state index in [0.29, 0.717) is 0 Å². The van der Waals surface area contributed by atoms with E-state index in [9.17, 15) is 4.79 Å². The molecule has 1 aromatic rings. The summed E-state index contributed by atoms with van der Waals surface area (Å²) in [4.78, 5) is 18.4. The van der Waals surface area contributed by atoms with Gasteiger partial charge in [-0.1, -0.05) is 58.9 Å². The van der Waals surface area contributed by atoms with E-state index in [4.69, 9.17) is 0 Å². The maximum absolute atomic E-state index is 12.1. The van der Waals surface area contributed by atoms with Crippen LogP contribution in [0.3, 0.4) is 0 Å². The number of amides is 1. The molecule has 26 heavy (non-hydrogen) atoms. The van der Waals surface area contributed by atoms with Gasteiger partial charge in [-0.2, -0.15) is 0 Å². The SMILES string of the molecule is CN=C(NCc1ccc(C(C)(C)C)cc1)NC1CCN(C(=O)C(C)C)C1. The zero-order valence-corrected chi connectivity index (χ0v) is 17.1. The lowest BCUT2D eigenvalue weighted by atomic mass is 9.87. The molecule has 1 fully saturated rings. The van der Waals surface area contributed by atoms with Gasteiger partial charge in [0.15, 0.2) is 5.96 Å². The highest BCUT2D eigenvalue weighted by Crippen LogP contribution is 2.22. The third-order valence-electron chi connectivity index (χ3n) is 4.84. The number of hydrogen-bond donors (Lipinski definition) is 2. The van der Waals surface area contributed by atoms with Crippen molar-refractivity contribution in [1.82, 2.24) is 15.5 Å². The Balaban J connectivity index is 1.84. The Morgan fingerprint density at radius 2 is 1.92 bits per heavy atom. The first kappa shape index (κ1) is 20.3. The fourth-order valence-corrected chi connectivity index (χ4v) is 3.14. The van der Waals surface area contributed by atoms with E-state index in [1.165, 1.54) is 11.1 Å². The van der Waals surface area contributed by atoms with Crippen LogP contribution in [0.25, 0.3) is 0 Å². The number of rotatable bonds is 4. The molecule has 2 N–H and O–H groups in total. The number of benzene rings is 1. The average Bonchev–Trinajstić information content (AvgIpc) is 3.05. The molecular weight excluding hydrogens is 324 g/mol. The smallest absolute Gasteiger partial charge is 0.225 e. The van der Waals surface area contributed by atoms with Gasteiger partial charge in [0.2, 0.25) is 5.91 Å². The van der Waals surface area contributed by atoms with E-state index in [1.54, 1.807) is 7.05 Å². The molecule has 1 heterocycles. The molecule has 1 aliphatic heterocycles. The molecule has 144 valence electrons. The van der Waals surface area contributed by atoms with Gasteiger partial charge in [-0.3, -0.25) is 9.79 Å². The zero-order chi connectivity index (χ0) is 19.3. The zero-order valence-electron chi connectivity index (χ0n) is 17.1. The monoisotopic (exact) mass is 358 g/mol. The summed E-state index contributed by atoms with van der Waals surface area (Å²) in [5.41, 5.74) is 2.74. The highest BCUT2D eigenvalue weighted by molar-refractivity contribution is 5.81. The van der Waals surface area contributed by atoms with Gasteiger partial charge in [-0.15, -0.1) is 0 Å². The molecule has 1 aliphatic rings. The van der Waals surface area contributed by atoms with Gasteiger partial charge in [0.1, 0.15) is 0 Å². The van der Waals surface area contributed by atoms with Crippen molar-refractivity contribution in [3.8, 4) is 0 Å². The molecule has 1 saturated heterocycles. The number of carbonyl (C=O) groups is 1. The van der Waals surface area contributed by atoms with Crippen molar-refractivity contribution in [2.75, 3.05) is 20.1 Å². The first-order chi connectivity index (χ1) is 12.2. The van der Waals surface area contributed by atoms with Crippen LogP contribution >= 0.6 is 0 Å². The molecule has 0 spiro atoms. The minimum absolute atomic E-state index is 0.0576. The molecule has 1 atom stereocenters. The molecule has 5 nitrogen and oxygen atoms in total. The Morgan fingerprint density at radius 3 is 2.46 bits per heavy atom. The van der Waals surface area contributed by atoms with Crippen LogP contribution in [-0.2, 0) is 16.8 Å². The molecule has 0 bridgehead atoms. The fourth-order valence-electron chi connectivity index (χ4n) is 3.14. The van der Waals surface area contributed by atoms with E-state index >= 15 is 0 Å². The van der Waals surface area contributed by atoms with Gasteiger partial charge in [-0.05, 0) is 23.0 Å². The third kappa shape index (κ3) is 5.48. The molecule has 1 unspecified atom stereocenters. The van der Waals surface area contributed by atoms with Crippen LogP contribution in [0.4, 0.5) is 0 Å². The van der Waals surface area contributed by atoms with Gasteiger partial charge in [-0.25, -0.2) is 0 Å². The molecule has 0 aliphatic carbocycles. The maximum atomic E-state index is 12.1. The molecule has 1 amide bonds. The summed E-state index contributed by atoms with van der Waals surface area (Å²) >= 11 is 0. The van der Waals surface area contributed by atoms with Gasteiger partial charge in [0.05, 0.1) is 0 Å². The maximum Gasteiger partial charge on any atom is 0.225 e. The van der Waals surface area contributed by atoms with Crippen molar-refractivity contribution in [3.63, 3.8) is 0 Å². The number of likely N-dealkylation sites (tertiary alicyclic amines) is 1. The second-order valence-electron chi connectivity index (χ2n) is 8.44. The summed E-state index contributed by atoms with van der Waals surface area (Å²) in [6.07, 6.45) is 0.958. The summed E-state index contributed by atoms with van der Waals surface area (Å²) in [5, 5.41) is 6.81. The predicted molar refractivity (Wildman–Crippen MR) is 108 cm³/mol. The lowest BCUT2D eigenvalue weighted by Crippen LogP contribution is -2.45. The highest BCUT2D eigenvalue weighted by Gasteiger charge is 2.27. The molecule has 2 rings (SSSR count). The molecule has 1 aromatic carbocycles. The lowest BCUT2D eigenvalue weighted by molar-refractivity contribution is -0.133. The second kappa shape index (κ2) is 8.56. The van der Waals surface area contributed by atoms with Crippen molar-refractivity contribution in [1.29, 1.82) is 0 Å². The van der Waals surface area contributed by atoms with E-state index in [2.05, 4.69) is 60.7 Å². The first-order valence-corrected chi connectivity index (χ1v) is 9.56. The Morgan fingerprint density at radius 1 is 1.27 bits per heavy atom. The Bertz CT molecular complexity index is 628. The Labute approximate surface area is 158 Å². The number of hydrogen-bond acceptors (Lipinski definition) is 2. The number of carbonyl (C=O) groups excluding carboxylic acids is 1. The third-order valence-corrected chi connectivity index (χ3v) is 4.84. The topological polar surface area (TPSA) is 56.7 Å². The summed E-state index contributed by atoms with van der Waals surface area (Å²) in [6.45, 7) is 12.9. The summed E-state index contributed by atoms with van der Waals surface area (Å²) < 4.78 is 0. The van der Waals surface area contributed by atoms with Crippen molar-refractivity contribution >= 4 is 11.9 Å². The number of nitrogens with one attached hydrogen (secondary N) is 2. The van der Waals surface area contributed by atoms with Gasteiger partial charge >= 0.3 is 0 Å². The van der Waals surface area contributed by atoms with Crippen molar-refractivity contribution < 1.29 is 4.79 Å². The van der Waals surface area contributed by atoms with Crippen LogP contribution in [0.15, 0.2) is 29.3 Å². The standard InChI is InChI=1S/C21H34N4O/c1-15(2)19(26)25-12-11-18(14-25)24-20(22-6)23-13-16-7-9-17(10-8-16)21(3,4)5/h7-10,15,18H,11-14H2,1-6H3,(H2,22,23,24). The van der Waals surface area contributed by atoms with Crippen LogP contribution in [-0.4, -0.2) is 42.9 Å². The Kier molecular flexibility index (Phi) is 6.68. The number of aliphatic imine (C=N–C) groups is 1. The first-order valence-electron chi connectivity index (χ1n) is 9.56. The molecular formula is C21H34N4O. The van der Waals surface area contributed by atoms with E-state index in [1.807, 2.05) is 18.7 Å². The quantitative estimate of drug-likeness (QED) is 0.643. The largest absolute Gasteiger partial charge is 0.352 e. The molecule has 0 radical (unpaired) electrons. The van der Waals surface area contributed by atoms with Crippen LogP contribution in [0, 0.1) is 5.92 Å². The van der Waals surface area contributed by atoms with Crippen LogP contribution in [0.5, 0.6) is 0 Å². The molecule has 0 aromatic heterocycles. The number of guanidine groups is 1. The lowest BCUT2D eigenvalue weighted by Gasteiger charge is -2.21. The average molecular weight is 359 g/mol. The van der Waals surface area contributed by atoms with E-state index in [0.717, 1.165) is 32.0 Å². The van der Waals surface area contributed by atoms with E-state index < -0.39 is 0 Å². The van der Waals surface area contributed by atoms with Crippen molar-refractivity contribution in [2.45, 2.75) is 59.0 Å². The van der Waals surface area contributed by atoms with Gasteiger partial charge in [0, 0.05) is 38.6 Å². The van der Waals surface area contributed by atoms with Gasteiger partial charge in [0.25, 0.3) is 0 Å². The highest BCUT2D eigenvalue weighted by atomic mass is 16.2. The second-order valence-corrected chi connectivity index (χ2v) is 8.44. The van der Waals surface area contributed by atoms with Crippen molar-refractivity contribution in [2.24, 2.45) is 10.9 Å². The van der Waals surface area contributed by atoms with Crippen LogP contribution < -0.4 is 10.6 Å². The van der Waals surface area contributed by atoms with E-state index in [-0.39, 0.29) is 23.3 Å². The summed E-state index contributed by atoms with van der Waals surface area (Å²) in [6, 6.07) is 8.98.